The Kier molecular flexibility index (Phi) is 5.19. The van der Waals surface area contributed by atoms with Crippen molar-refractivity contribution in [3.8, 4) is 6.07 Å². The number of hydrogen-bond donors (Lipinski definition) is 1. The zero-order valence-electron chi connectivity index (χ0n) is 10.9. The summed E-state index contributed by atoms with van der Waals surface area (Å²) in [6.45, 7) is 5.01. The SMILES string of the molecule is CCCCN(CC(N)=O)c1ccc(C#N)c(C)c1. The first-order valence-corrected chi connectivity index (χ1v) is 6.12. The van der Waals surface area contributed by atoms with Gasteiger partial charge in [-0.3, -0.25) is 4.79 Å². The summed E-state index contributed by atoms with van der Waals surface area (Å²) in [4.78, 5) is 13.0. The van der Waals surface area contributed by atoms with Crippen LogP contribution in [-0.2, 0) is 4.79 Å². The molecule has 0 aliphatic heterocycles. The number of carbonyl (C=O) groups is 1. The molecule has 0 saturated carbocycles. The highest BCUT2D eigenvalue weighted by atomic mass is 16.1. The van der Waals surface area contributed by atoms with Gasteiger partial charge >= 0.3 is 0 Å². The van der Waals surface area contributed by atoms with E-state index >= 15 is 0 Å². The fraction of sp³-hybridized carbons (Fsp3) is 0.429. The van der Waals surface area contributed by atoms with Crippen molar-refractivity contribution in [2.75, 3.05) is 18.0 Å². The zero-order valence-corrected chi connectivity index (χ0v) is 10.9. The smallest absolute Gasteiger partial charge is 0.236 e. The first-order valence-electron chi connectivity index (χ1n) is 6.12. The molecule has 0 aliphatic rings. The van der Waals surface area contributed by atoms with Gasteiger partial charge in [-0.05, 0) is 37.1 Å². The minimum Gasteiger partial charge on any atom is -0.368 e. The minimum absolute atomic E-state index is 0.214. The van der Waals surface area contributed by atoms with Crippen LogP contribution in [0.3, 0.4) is 0 Å². The van der Waals surface area contributed by atoms with Crippen LogP contribution in [0.5, 0.6) is 0 Å². The van der Waals surface area contributed by atoms with E-state index in [4.69, 9.17) is 11.0 Å². The molecule has 96 valence electrons. The Morgan fingerprint density at radius 1 is 1.50 bits per heavy atom. The lowest BCUT2D eigenvalue weighted by Gasteiger charge is -2.23. The van der Waals surface area contributed by atoms with Gasteiger partial charge in [0.1, 0.15) is 0 Å². The van der Waals surface area contributed by atoms with Gasteiger partial charge in [-0.2, -0.15) is 5.26 Å². The number of primary amides is 1. The number of aryl methyl sites for hydroxylation is 1. The van der Waals surface area contributed by atoms with Crippen LogP contribution in [0.15, 0.2) is 18.2 Å². The Hall–Kier alpha value is -2.02. The van der Waals surface area contributed by atoms with E-state index in [9.17, 15) is 4.79 Å². The summed E-state index contributed by atoms with van der Waals surface area (Å²) < 4.78 is 0. The highest BCUT2D eigenvalue weighted by molar-refractivity contribution is 5.79. The van der Waals surface area contributed by atoms with Gasteiger partial charge in [0.05, 0.1) is 18.2 Å². The maximum absolute atomic E-state index is 11.1. The summed E-state index contributed by atoms with van der Waals surface area (Å²) >= 11 is 0. The number of carbonyl (C=O) groups excluding carboxylic acids is 1. The van der Waals surface area contributed by atoms with Crippen molar-refractivity contribution < 1.29 is 4.79 Å². The molecule has 0 fully saturated rings. The molecule has 0 saturated heterocycles. The predicted molar refractivity (Wildman–Crippen MR) is 72.2 cm³/mol. The summed E-state index contributed by atoms with van der Waals surface area (Å²) in [5.74, 6) is -0.340. The number of hydrogen-bond acceptors (Lipinski definition) is 3. The average Bonchev–Trinajstić information content (AvgIpc) is 2.34. The van der Waals surface area contributed by atoms with Crippen molar-refractivity contribution in [2.45, 2.75) is 26.7 Å². The standard InChI is InChI=1S/C14H19N3O/c1-3-4-7-17(10-14(16)18)13-6-5-12(9-15)11(2)8-13/h5-6,8H,3-4,7,10H2,1-2H3,(H2,16,18). The van der Waals surface area contributed by atoms with Gasteiger partial charge in [-0.15, -0.1) is 0 Å². The van der Waals surface area contributed by atoms with Crippen molar-refractivity contribution in [1.82, 2.24) is 0 Å². The van der Waals surface area contributed by atoms with Crippen molar-refractivity contribution in [2.24, 2.45) is 5.73 Å². The number of nitrogens with zero attached hydrogens (tertiary/aromatic N) is 2. The molecule has 1 aromatic carbocycles. The lowest BCUT2D eigenvalue weighted by atomic mass is 10.1. The Morgan fingerprint density at radius 2 is 2.22 bits per heavy atom. The maximum atomic E-state index is 11.1. The molecule has 0 unspecified atom stereocenters. The number of anilines is 1. The third-order valence-electron chi connectivity index (χ3n) is 2.82. The second-order valence-corrected chi connectivity index (χ2v) is 4.35. The van der Waals surface area contributed by atoms with Crippen molar-refractivity contribution in [1.29, 1.82) is 5.26 Å². The Balaban J connectivity index is 2.94. The third-order valence-corrected chi connectivity index (χ3v) is 2.82. The predicted octanol–water partition coefficient (Wildman–Crippen LogP) is 1.96. The average molecular weight is 245 g/mol. The first kappa shape index (κ1) is 14.0. The van der Waals surface area contributed by atoms with E-state index in [1.807, 2.05) is 24.0 Å². The molecule has 1 amide bonds. The lowest BCUT2D eigenvalue weighted by molar-refractivity contribution is -0.116. The number of rotatable bonds is 6. The van der Waals surface area contributed by atoms with Crippen LogP contribution in [0, 0.1) is 18.3 Å². The first-order chi connectivity index (χ1) is 8.58. The summed E-state index contributed by atoms with van der Waals surface area (Å²) in [5, 5.41) is 8.90. The van der Waals surface area contributed by atoms with Crippen LogP contribution in [0.1, 0.15) is 30.9 Å². The normalized spacial score (nSPS) is 9.83. The molecule has 0 atom stereocenters. The van der Waals surface area contributed by atoms with Crippen molar-refractivity contribution in [3.63, 3.8) is 0 Å². The summed E-state index contributed by atoms with van der Waals surface area (Å²) in [6, 6.07) is 7.71. The minimum atomic E-state index is -0.340. The number of nitriles is 1. The van der Waals surface area contributed by atoms with Crippen LogP contribution in [0.25, 0.3) is 0 Å². The van der Waals surface area contributed by atoms with Crippen molar-refractivity contribution in [3.05, 3.63) is 29.3 Å². The summed E-state index contributed by atoms with van der Waals surface area (Å²) in [6.07, 6.45) is 2.07. The largest absolute Gasteiger partial charge is 0.368 e. The van der Waals surface area contributed by atoms with Crippen LogP contribution >= 0.6 is 0 Å². The van der Waals surface area contributed by atoms with Crippen LogP contribution in [-0.4, -0.2) is 19.0 Å². The lowest BCUT2D eigenvalue weighted by Crippen LogP contribution is -2.34. The molecule has 4 nitrogen and oxygen atoms in total. The molecule has 0 aromatic heterocycles. The van der Waals surface area contributed by atoms with Gasteiger partial charge < -0.3 is 10.6 Å². The molecular formula is C14H19N3O. The molecule has 0 bridgehead atoms. The van der Waals surface area contributed by atoms with Gasteiger partial charge in [0, 0.05) is 12.2 Å². The fourth-order valence-corrected chi connectivity index (χ4v) is 1.81. The van der Waals surface area contributed by atoms with Gasteiger partial charge in [0.2, 0.25) is 5.91 Å². The Morgan fingerprint density at radius 3 is 2.72 bits per heavy atom. The Bertz CT molecular complexity index is 463. The van der Waals surface area contributed by atoms with E-state index in [0.717, 1.165) is 30.6 Å². The molecule has 4 heteroatoms. The highest BCUT2D eigenvalue weighted by Crippen LogP contribution is 2.19. The van der Waals surface area contributed by atoms with E-state index in [2.05, 4.69) is 13.0 Å². The molecule has 0 radical (unpaired) electrons. The number of unbranched alkanes of at least 4 members (excludes halogenated alkanes) is 1. The van der Waals surface area contributed by atoms with Gasteiger partial charge in [-0.25, -0.2) is 0 Å². The summed E-state index contributed by atoms with van der Waals surface area (Å²) in [7, 11) is 0. The quantitative estimate of drug-likeness (QED) is 0.832. The van der Waals surface area contributed by atoms with Crippen molar-refractivity contribution >= 4 is 11.6 Å². The molecule has 18 heavy (non-hydrogen) atoms. The molecule has 0 aliphatic carbocycles. The van der Waals surface area contributed by atoms with Gasteiger partial charge in [0.25, 0.3) is 0 Å². The molecule has 1 aromatic rings. The van der Waals surface area contributed by atoms with E-state index < -0.39 is 0 Å². The monoisotopic (exact) mass is 245 g/mol. The van der Waals surface area contributed by atoms with Gasteiger partial charge in [0.15, 0.2) is 0 Å². The summed E-state index contributed by atoms with van der Waals surface area (Å²) in [5.41, 5.74) is 7.78. The second kappa shape index (κ2) is 6.65. The van der Waals surface area contributed by atoms with E-state index in [-0.39, 0.29) is 12.5 Å². The highest BCUT2D eigenvalue weighted by Gasteiger charge is 2.10. The molecule has 0 spiro atoms. The molecular weight excluding hydrogens is 226 g/mol. The fourth-order valence-electron chi connectivity index (χ4n) is 1.81. The molecule has 0 heterocycles. The van der Waals surface area contributed by atoms with Crippen LogP contribution < -0.4 is 10.6 Å². The second-order valence-electron chi connectivity index (χ2n) is 4.35. The van der Waals surface area contributed by atoms with E-state index in [0.29, 0.717) is 5.56 Å². The molecule has 2 N–H and O–H groups in total. The number of benzene rings is 1. The van der Waals surface area contributed by atoms with E-state index in [1.165, 1.54) is 0 Å². The molecule has 1 rings (SSSR count). The zero-order chi connectivity index (χ0) is 13.5. The number of amides is 1. The Labute approximate surface area is 108 Å². The topological polar surface area (TPSA) is 70.1 Å². The third kappa shape index (κ3) is 3.77. The van der Waals surface area contributed by atoms with E-state index in [1.54, 1.807) is 6.07 Å². The van der Waals surface area contributed by atoms with Crippen LogP contribution in [0.4, 0.5) is 5.69 Å². The maximum Gasteiger partial charge on any atom is 0.236 e. The number of nitrogens with two attached hydrogens (primary N) is 1. The van der Waals surface area contributed by atoms with Crippen LogP contribution in [0.2, 0.25) is 0 Å². The van der Waals surface area contributed by atoms with Gasteiger partial charge in [-0.1, -0.05) is 13.3 Å².